The molecule has 6 rings (SSSR count). The molecule has 0 aromatic rings. The zero-order chi connectivity index (χ0) is 30.2. The standard InChI is InChI=1S/C32H48O10/c1-16-26(35)28(38-5)27(36)29(40-16)42-20-8-10-30(3)19(13-20)6-7-22-21(30)9-11-31(4)25(18-12-24(34)39-15-18)23(41-17(2)33)14-32(22,31)37/h12,16,19-23,25-29,35-37H,6-11,13-15H2,1-5H3. The Kier molecular flexibility index (Phi) is 7.84. The van der Waals surface area contributed by atoms with E-state index in [0.717, 1.165) is 50.5 Å². The molecule has 0 radical (unpaired) electrons. The first-order chi connectivity index (χ1) is 19.8. The number of cyclic esters (lactones) is 1. The Morgan fingerprint density at radius 1 is 1.07 bits per heavy atom. The van der Waals surface area contributed by atoms with Crippen LogP contribution < -0.4 is 0 Å². The van der Waals surface area contributed by atoms with E-state index in [1.165, 1.54) is 20.1 Å². The number of hydrogen-bond donors (Lipinski definition) is 3. The van der Waals surface area contributed by atoms with Gasteiger partial charge in [0, 0.05) is 37.9 Å². The average Bonchev–Trinajstić information content (AvgIpc) is 3.44. The average molecular weight is 593 g/mol. The first-order valence-electron chi connectivity index (χ1n) is 15.8. The van der Waals surface area contributed by atoms with Gasteiger partial charge in [0.15, 0.2) is 6.29 Å². The number of ether oxygens (including phenoxy) is 5. The Morgan fingerprint density at radius 3 is 2.50 bits per heavy atom. The molecule has 236 valence electrons. The van der Waals surface area contributed by atoms with Crippen LogP contribution in [0.2, 0.25) is 0 Å². The topological polar surface area (TPSA) is 141 Å². The molecule has 3 N–H and O–H groups in total. The van der Waals surface area contributed by atoms with Crippen molar-refractivity contribution in [3.05, 3.63) is 11.6 Å². The van der Waals surface area contributed by atoms with Crippen LogP contribution in [0.4, 0.5) is 0 Å². The summed E-state index contributed by atoms with van der Waals surface area (Å²) in [6.07, 6.45) is 3.36. The summed E-state index contributed by atoms with van der Waals surface area (Å²) in [7, 11) is 1.47. The molecule has 1 saturated heterocycles. The van der Waals surface area contributed by atoms with Crippen LogP contribution in [0.3, 0.4) is 0 Å². The molecule has 0 amide bonds. The Morgan fingerprint density at radius 2 is 1.83 bits per heavy atom. The fraction of sp³-hybridized carbons (Fsp3) is 0.875. The molecule has 6 aliphatic rings. The summed E-state index contributed by atoms with van der Waals surface area (Å²) in [6.45, 7) is 7.85. The van der Waals surface area contributed by atoms with Crippen molar-refractivity contribution in [2.24, 2.45) is 34.5 Å². The molecule has 0 aromatic heterocycles. The Bertz CT molecular complexity index is 1110. The van der Waals surface area contributed by atoms with E-state index < -0.39 is 47.8 Å². The normalized spacial score (nSPS) is 52.0. The van der Waals surface area contributed by atoms with Crippen molar-refractivity contribution in [3.8, 4) is 0 Å². The number of carbonyl (C=O) groups is 2. The first-order valence-corrected chi connectivity index (χ1v) is 15.8. The summed E-state index contributed by atoms with van der Waals surface area (Å²) in [5, 5.41) is 33.8. The molecule has 42 heavy (non-hydrogen) atoms. The zero-order valence-corrected chi connectivity index (χ0v) is 25.5. The molecule has 0 spiro atoms. The predicted molar refractivity (Wildman–Crippen MR) is 149 cm³/mol. The first kappa shape index (κ1) is 30.5. The van der Waals surface area contributed by atoms with Gasteiger partial charge in [-0.25, -0.2) is 4.79 Å². The maximum atomic E-state index is 12.7. The highest BCUT2D eigenvalue weighted by atomic mass is 16.7. The van der Waals surface area contributed by atoms with Crippen LogP contribution in [-0.4, -0.2) is 89.5 Å². The van der Waals surface area contributed by atoms with Crippen molar-refractivity contribution in [1.29, 1.82) is 0 Å². The van der Waals surface area contributed by atoms with Crippen molar-refractivity contribution >= 4 is 11.9 Å². The van der Waals surface area contributed by atoms with E-state index in [4.69, 9.17) is 23.7 Å². The van der Waals surface area contributed by atoms with Crippen LogP contribution in [0, 0.1) is 34.5 Å². The third-order valence-electron chi connectivity index (χ3n) is 12.6. The smallest absolute Gasteiger partial charge is 0.331 e. The predicted octanol–water partition coefficient (Wildman–Crippen LogP) is 2.65. The van der Waals surface area contributed by atoms with Crippen LogP contribution in [0.5, 0.6) is 0 Å². The number of methoxy groups -OCH3 is 1. The van der Waals surface area contributed by atoms with Crippen molar-refractivity contribution < 1.29 is 48.6 Å². The Balaban J connectivity index is 1.20. The molecule has 14 unspecified atom stereocenters. The van der Waals surface area contributed by atoms with Crippen LogP contribution in [0.25, 0.3) is 0 Å². The lowest BCUT2D eigenvalue weighted by molar-refractivity contribution is -0.313. The molecule has 4 saturated carbocycles. The number of aliphatic hydroxyl groups excluding tert-OH is 2. The number of aliphatic hydroxyl groups is 3. The fourth-order valence-corrected chi connectivity index (χ4v) is 10.4. The van der Waals surface area contributed by atoms with E-state index in [0.29, 0.717) is 18.3 Å². The van der Waals surface area contributed by atoms with Crippen LogP contribution >= 0.6 is 0 Å². The molecule has 4 aliphatic carbocycles. The van der Waals surface area contributed by atoms with E-state index in [9.17, 15) is 24.9 Å². The minimum atomic E-state index is -1.08. The van der Waals surface area contributed by atoms with Crippen LogP contribution in [0.1, 0.15) is 79.1 Å². The quantitative estimate of drug-likeness (QED) is 0.322. The van der Waals surface area contributed by atoms with Gasteiger partial charge in [-0.2, -0.15) is 0 Å². The van der Waals surface area contributed by atoms with Crippen LogP contribution in [-0.2, 0) is 33.3 Å². The SMILES string of the molecule is COC1C(O)C(C)OC(OC2CCC3(C)C(CCC4C3CCC3(C)C(C5=CC(=O)OC5)C(OC(C)=O)CC43O)C2)C1O. The van der Waals surface area contributed by atoms with Crippen molar-refractivity contribution in [2.75, 3.05) is 13.7 Å². The second-order valence-corrected chi connectivity index (χ2v) is 14.5. The van der Waals surface area contributed by atoms with Gasteiger partial charge in [0.25, 0.3) is 0 Å². The van der Waals surface area contributed by atoms with E-state index in [2.05, 4.69) is 13.8 Å². The van der Waals surface area contributed by atoms with Crippen molar-refractivity contribution in [2.45, 2.75) is 128 Å². The highest BCUT2D eigenvalue weighted by Crippen LogP contribution is 2.70. The summed E-state index contributed by atoms with van der Waals surface area (Å²) in [6, 6.07) is 0. The molecular formula is C32H48O10. The minimum Gasteiger partial charge on any atom is -0.462 e. The summed E-state index contributed by atoms with van der Waals surface area (Å²) in [4.78, 5) is 24.2. The summed E-state index contributed by atoms with van der Waals surface area (Å²) < 4.78 is 28.7. The van der Waals surface area contributed by atoms with E-state index >= 15 is 0 Å². The molecule has 0 bridgehead atoms. The lowest BCUT2D eigenvalue weighted by Gasteiger charge is -2.63. The Hall–Kier alpha value is -1.56. The molecule has 14 atom stereocenters. The van der Waals surface area contributed by atoms with Gasteiger partial charge < -0.3 is 39.0 Å². The van der Waals surface area contributed by atoms with E-state index in [1.54, 1.807) is 6.92 Å². The second-order valence-electron chi connectivity index (χ2n) is 14.5. The monoisotopic (exact) mass is 592 g/mol. The number of carbonyl (C=O) groups excluding carboxylic acids is 2. The maximum absolute atomic E-state index is 12.7. The third kappa shape index (κ3) is 4.58. The van der Waals surface area contributed by atoms with Gasteiger partial charge in [-0.05, 0) is 80.6 Å². The number of hydrogen-bond acceptors (Lipinski definition) is 10. The lowest BCUT2D eigenvalue weighted by Crippen LogP contribution is -2.62. The number of fused-ring (bicyclic) bond motifs is 5. The van der Waals surface area contributed by atoms with Gasteiger partial charge in [-0.1, -0.05) is 13.8 Å². The number of esters is 2. The van der Waals surface area contributed by atoms with Gasteiger partial charge in [-0.15, -0.1) is 0 Å². The maximum Gasteiger partial charge on any atom is 0.331 e. The number of rotatable bonds is 5. The van der Waals surface area contributed by atoms with Gasteiger partial charge in [0.05, 0.1) is 17.8 Å². The molecule has 2 aliphatic heterocycles. The minimum absolute atomic E-state index is 0.0190. The third-order valence-corrected chi connectivity index (χ3v) is 12.6. The largest absolute Gasteiger partial charge is 0.462 e. The van der Waals surface area contributed by atoms with Crippen molar-refractivity contribution in [3.63, 3.8) is 0 Å². The van der Waals surface area contributed by atoms with Gasteiger partial charge in [-0.3, -0.25) is 4.79 Å². The second kappa shape index (κ2) is 10.8. The summed E-state index contributed by atoms with van der Waals surface area (Å²) in [5.74, 6) is -0.234. The van der Waals surface area contributed by atoms with Gasteiger partial charge in [0.1, 0.15) is 31.0 Å². The highest BCUT2D eigenvalue weighted by molar-refractivity contribution is 5.85. The van der Waals surface area contributed by atoms with E-state index in [1.807, 2.05) is 0 Å². The molecular weight excluding hydrogens is 544 g/mol. The lowest BCUT2D eigenvalue weighted by atomic mass is 9.43. The highest BCUT2D eigenvalue weighted by Gasteiger charge is 2.71. The van der Waals surface area contributed by atoms with E-state index in [-0.39, 0.29) is 41.9 Å². The molecule has 2 heterocycles. The summed E-state index contributed by atoms with van der Waals surface area (Å²) in [5.41, 5.74) is -0.720. The molecule has 5 fully saturated rings. The molecule has 10 nitrogen and oxygen atoms in total. The summed E-state index contributed by atoms with van der Waals surface area (Å²) >= 11 is 0. The van der Waals surface area contributed by atoms with Gasteiger partial charge >= 0.3 is 11.9 Å². The zero-order valence-electron chi connectivity index (χ0n) is 25.5. The fourth-order valence-electron chi connectivity index (χ4n) is 10.4. The molecule has 0 aromatic carbocycles. The van der Waals surface area contributed by atoms with Gasteiger partial charge in [0.2, 0.25) is 0 Å². The van der Waals surface area contributed by atoms with Crippen LogP contribution in [0.15, 0.2) is 11.6 Å². The molecule has 10 heteroatoms. The Labute approximate surface area is 248 Å². The van der Waals surface area contributed by atoms with Crippen molar-refractivity contribution in [1.82, 2.24) is 0 Å².